The Labute approximate surface area is 127 Å². The zero-order valence-electron chi connectivity index (χ0n) is 13.3. The Bertz CT molecular complexity index is 642. The molecule has 1 aromatic carbocycles. The summed E-state index contributed by atoms with van der Waals surface area (Å²) in [5, 5.41) is 1.18. The first-order valence-electron chi connectivity index (χ1n) is 7.82. The summed E-state index contributed by atoms with van der Waals surface area (Å²) in [4.78, 5) is 7.27. The molecule has 1 aliphatic rings. The van der Waals surface area contributed by atoms with Gasteiger partial charge in [-0.2, -0.15) is 0 Å². The molecule has 112 valence electrons. The van der Waals surface area contributed by atoms with E-state index >= 15 is 0 Å². The molecule has 1 aromatic heterocycles. The van der Waals surface area contributed by atoms with Crippen LogP contribution in [0.15, 0.2) is 30.3 Å². The number of hydrogen-bond donors (Lipinski definition) is 1. The van der Waals surface area contributed by atoms with Crippen LogP contribution in [0.4, 0.5) is 5.82 Å². The van der Waals surface area contributed by atoms with Gasteiger partial charge in [-0.3, -0.25) is 0 Å². The number of nitrogens with two attached hydrogens (primary N) is 1. The highest BCUT2D eigenvalue weighted by Gasteiger charge is 2.32. The van der Waals surface area contributed by atoms with Crippen LogP contribution in [-0.2, 0) is 6.54 Å². The summed E-state index contributed by atoms with van der Waals surface area (Å²) in [6.45, 7) is 9.75. The van der Waals surface area contributed by atoms with Crippen LogP contribution in [0.2, 0.25) is 0 Å². The molecule has 0 spiro atoms. The van der Waals surface area contributed by atoms with Crippen LogP contribution in [-0.4, -0.2) is 18.1 Å². The summed E-state index contributed by atoms with van der Waals surface area (Å²) < 4.78 is 0. The number of para-hydroxylation sites is 1. The molecule has 1 atom stereocenters. The lowest BCUT2D eigenvalue weighted by Gasteiger charge is -2.27. The molecule has 1 unspecified atom stereocenters. The second kappa shape index (κ2) is 5.30. The largest absolute Gasteiger partial charge is 0.356 e. The average Bonchev–Trinajstić information content (AvgIpc) is 2.96. The van der Waals surface area contributed by atoms with Gasteiger partial charge in [-0.25, -0.2) is 4.98 Å². The molecular formula is C18H25N3. The molecule has 1 saturated heterocycles. The Kier molecular flexibility index (Phi) is 3.62. The predicted octanol–water partition coefficient (Wildman–Crippen LogP) is 3.57. The van der Waals surface area contributed by atoms with E-state index in [1.807, 2.05) is 12.1 Å². The van der Waals surface area contributed by atoms with Crippen molar-refractivity contribution in [2.45, 2.75) is 33.7 Å². The Morgan fingerprint density at radius 3 is 2.71 bits per heavy atom. The maximum atomic E-state index is 5.93. The van der Waals surface area contributed by atoms with Gasteiger partial charge in [0.2, 0.25) is 0 Å². The third-order valence-electron chi connectivity index (χ3n) is 4.75. The van der Waals surface area contributed by atoms with Gasteiger partial charge in [0.05, 0.1) is 5.52 Å². The first kappa shape index (κ1) is 14.3. The summed E-state index contributed by atoms with van der Waals surface area (Å²) in [7, 11) is 0. The Balaban J connectivity index is 1.95. The first-order chi connectivity index (χ1) is 9.99. The van der Waals surface area contributed by atoms with Crippen molar-refractivity contribution in [1.29, 1.82) is 0 Å². The quantitative estimate of drug-likeness (QED) is 0.916. The third kappa shape index (κ3) is 2.75. The summed E-state index contributed by atoms with van der Waals surface area (Å²) in [6, 6.07) is 10.5. The van der Waals surface area contributed by atoms with Gasteiger partial charge < -0.3 is 10.6 Å². The van der Waals surface area contributed by atoms with E-state index in [0.717, 1.165) is 30.3 Å². The van der Waals surface area contributed by atoms with Gasteiger partial charge in [-0.1, -0.05) is 39.0 Å². The lowest BCUT2D eigenvalue weighted by molar-refractivity contribution is 0.263. The second-order valence-corrected chi connectivity index (χ2v) is 7.16. The first-order valence-corrected chi connectivity index (χ1v) is 7.82. The van der Waals surface area contributed by atoms with Gasteiger partial charge in [0, 0.05) is 25.0 Å². The van der Waals surface area contributed by atoms with E-state index in [2.05, 4.69) is 43.9 Å². The molecule has 3 nitrogen and oxygen atoms in total. The molecule has 0 aliphatic carbocycles. The summed E-state index contributed by atoms with van der Waals surface area (Å²) in [5.74, 6) is 1.81. The topological polar surface area (TPSA) is 42.1 Å². The Morgan fingerprint density at radius 1 is 1.29 bits per heavy atom. The van der Waals surface area contributed by atoms with E-state index in [0.29, 0.717) is 12.0 Å². The lowest BCUT2D eigenvalue weighted by Crippen LogP contribution is -2.26. The van der Waals surface area contributed by atoms with Gasteiger partial charge in [0.15, 0.2) is 0 Å². The number of benzene rings is 1. The van der Waals surface area contributed by atoms with Crippen molar-refractivity contribution < 1.29 is 0 Å². The normalized spacial score (nSPS) is 19.4. The third-order valence-corrected chi connectivity index (χ3v) is 4.75. The van der Waals surface area contributed by atoms with Crippen molar-refractivity contribution in [2.24, 2.45) is 17.1 Å². The number of rotatable bonds is 2. The SMILES string of the molecule is CC(C)(C)C1CCN(c2cc(CN)c3ccccc3n2)C1. The fraction of sp³-hybridized carbons (Fsp3) is 0.500. The smallest absolute Gasteiger partial charge is 0.129 e. The number of fused-ring (bicyclic) bond motifs is 1. The number of pyridine rings is 1. The minimum atomic E-state index is 0.363. The van der Waals surface area contributed by atoms with E-state index in [1.165, 1.54) is 17.4 Å². The van der Waals surface area contributed by atoms with E-state index in [-0.39, 0.29) is 0 Å². The van der Waals surface area contributed by atoms with E-state index in [9.17, 15) is 0 Å². The van der Waals surface area contributed by atoms with Gasteiger partial charge in [0.25, 0.3) is 0 Å². The fourth-order valence-electron chi connectivity index (χ4n) is 3.24. The maximum absolute atomic E-state index is 5.93. The maximum Gasteiger partial charge on any atom is 0.129 e. The summed E-state index contributed by atoms with van der Waals surface area (Å²) in [5.41, 5.74) is 8.54. The molecule has 21 heavy (non-hydrogen) atoms. The van der Waals surface area contributed by atoms with E-state index in [1.54, 1.807) is 0 Å². The van der Waals surface area contributed by atoms with Crippen LogP contribution in [0.5, 0.6) is 0 Å². The van der Waals surface area contributed by atoms with E-state index < -0.39 is 0 Å². The van der Waals surface area contributed by atoms with Crippen molar-refractivity contribution in [3.63, 3.8) is 0 Å². The van der Waals surface area contributed by atoms with Crippen molar-refractivity contribution in [1.82, 2.24) is 4.98 Å². The molecule has 3 rings (SSSR count). The van der Waals surface area contributed by atoms with Crippen LogP contribution in [0, 0.1) is 11.3 Å². The minimum Gasteiger partial charge on any atom is -0.356 e. The number of nitrogens with zero attached hydrogens (tertiary/aromatic N) is 2. The Morgan fingerprint density at radius 2 is 2.05 bits per heavy atom. The molecule has 0 bridgehead atoms. The number of hydrogen-bond acceptors (Lipinski definition) is 3. The van der Waals surface area contributed by atoms with Crippen molar-refractivity contribution in [2.75, 3.05) is 18.0 Å². The number of anilines is 1. The van der Waals surface area contributed by atoms with Gasteiger partial charge in [-0.05, 0) is 35.4 Å². The van der Waals surface area contributed by atoms with Crippen LogP contribution in [0.25, 0.3) is 10.9 Å². The molecule has 1 fully saturated rings. The molecular weight excluding hydrogens is 258 g/mol. The van der Waals surface area contributed by atoms with E-state index in [4.69, 9.17) is 10.7 Å². The zero-order chi connectivity index (χ0) is 15.0. The highest BCUT2D eigenvalue weighted by molar-refractivity contribution is 5.84. The Hall–Kier alpha value is -1.61. The monoisotopic (exact) mass is 283 g/mol. The standard InChI is InChI=1S/C18H25N3/c1-18(2,3)14-8-9-21(12-14)17-10-13(11-19)15-6-4-5-7-16(15)20-17/h4-7,10,14H,8-9,11-12,19H2,1-3H3. The van der Waals surface area contributed by atoms with Crippen molar-refractivity contribution in [3.8, 4) is 0 Å². The molecule has 3 heteroatoms. The zero-order valence-corrected chi connectivity index (χ0v) is 13.3. The van der Waals surface area contributed by atoms with Crippen molar-refractivity contribution in [3.05, 3.63) is 35.9 Å². The summed E-state index contributed by atoms with van der Waals surface area (Å²) in [6.07, 6.45) is 1.25. The molecule has 1 aliphatic heterocycles. The molecule has 2 aromatic rings. The van der Waals surface area contributed by atoms with Gasteiger partial charge in [-0.15, -0.1) is 0 Å². The molecule has 0 saturated carbocycles. The van der Waals surface area contributed by atoms with Crippen LogP contribution in [0.3, 0.4) is 0 Å². The van der Waals surface area contributed by atoms with Crippen LogP contribution >= 0.6 is 0 Å². The highest BCUT2D eigenvalue weighted by Crippen LogP contribution is 2.35. The van der Waals surface area contributed by atoms with Gasteiger partial charge in [0.1, 0.15) is 5.82 Å². The lowest BCUT2D eigenvalue weighted by atomic mass is 9.80. The molecule has 2 heterocycles. The van der Waals surface area contributed by atoms with Crippen LogP contribution in [0.1, 0.15) is 32.8 Å². The molecule has 0 amide bonds. The van der Waals surface area contributed by atoms with Crippen LogP contribution < -0.4 is 10.6 Å². The second-order valence-electron chi connectivity index (χ2n) is 7.16. The van der Waals surface area contributed by atoms with Crippen molar-refractivity contribution >= 4 is 16.7 Å². The molecule has 2 N–H and O–H groups in total. The minimum absolute atomic E-state index is 0.363. The molecule has 0 radical (unpaired) electrons. The highest BCUT2D eigenvalue weighted by atomic mass is 15.2. The summed E-state index contributed by atoms with van der Waals surface area (Å²) >= 11 is 0. The number of aromatic nitrogens is 1. The predicted molar refractivity (Wildman–Crippen MR) is 89.4 cm³/mol. The average molecular weight is 283 g/mol. The fourth-order valence-corrected chi connectivity index (χ4v) is 3.24. The van der Waals surface area contributed by atoms with Gasteiger partial charge >= 0.3 is 0 Å².